The van der Waals surface area contributed by atoms with Crippen LogP contribution in [-0.2, 0) is 9.59 Å². The number of ether oxygens (including phenoxy) is 1. The van der Waals surface area contributed by atoms with Crippen LogP contribution in [0.5, 0.6) is 5.75 Å². The number of benzene rings is 2. The van der Waals surface area contributed by atoms with Crippen molar-refractivity contribution in [1.82, 2.24) is 0 Å². The van der Waals surface area contributed by atoms with Gasteiger partial charge in [0.1, 0.15) is 5.75 Å². The fourth-order valence-corrected chi connectivity index (χ4v) is 3.56. The van der Waals surface area contributed by atoms with Crippen molar-refractivity contribution in [2.45, 2.75) is 33.1 Å². The molecule has 1 fully saturated rings. The number of rotatable bonds is 5. The van der Waals surface area contributed by atoms with E-state index < -0.39 is 0 Å². The maximum absolute atomic E-state index is 12.7. The number of hydrogen-bond acceptors (Lipinski definition) is 3. The van der Waals surface area contributed by atoms with Crippen LogP contribution in [0.4, 0.5) is 11.4 Å². The summed E-state index contributed by atoms with van der Waals surface area (Å²) in [7, 11) is 1.59. The van der Waals surface area contributed by atoms with Crippen molar-refractivity contribution in [2.24, 2.45) is 5.92 Å². The number of nitrogens with one attached hydrogen (secondary N) is 1. The summed E-state index contributed by atoms with van der Waals surface area (Å²) >= 11 is 0. The number of nitrogens with zero attached hydrogens (tertiary/aromatic N) is 1. The minimum atomic E-state index is -0.372. The van der Waals surface area contributed by atoms with Crippen molar-refractivity contribution in [3.8, 4) is 5.75 Å². The van der Waals surface area contributed by atoms with Gasteiger partial charge in [-0.15, -0.1) is 0 Å². The number of anilines is 2. The summed E-state index contributed by atoms with van der Waals surface area (Å²) < 4.78 is 5.19. The first-order chi connectivity index (χ1) is 12.9. The van der Waals surface area contributed by atoms with Gasteiger partial charge in [-0.1, -0.05) is 38.1 Å². The van der Waals surface area contributed by atoms with Gasteiger partial charge in [0.05, 0.1) is 13.0 Å². The lowest BCUT2D eigenvalue weighted by atomic mass is 9.97. The second kappa shape index (κ2) is 7.82. The van der Waals surface area contributed by atoms with Crippen LogP contribution in [0.2, 0.25) is 0 Å². The third kappa shape index (κ3) is 3.97. The Morgan fingerprint density at radius 2 is 1.96 bits per heavy atom. The van der Waals surface area contributed by atoms with Gasteiger partial charge in [0.2, 0.25) is 11.8 Å². The number of amides is 2. The van der Waals surface area contributed by atoms with E-state index in [9.17, 15) is 9.59 Å². The molecule has 1 saturated heterocycles. The lowest BCUT2D eigenvalue weighted by Gasteiger charge is -2.24. The number of aryl methyl sites for hydroxylation is 1. The molecule has 1 atom stereocenters. The molecule has 5 heteroatoms. The van der Waals surface area contributed by atoms with Crippen LogP contribution in [0, 0.1) is 12.8 Å². The van der Waals surface area contributed by atoms with Gasteiger partial charge in [-0.05, 0) is 36.1 Å². The quantitative estimate of drug-likeness (QED) is 0.866. The Labute approximate surface area is 160 Å². The van der Waals surface area contributed by atoms with Crippen molar-refractivity contribution >= 4 is 23.2 Å². The predicted molar refractivity (Wildman–Crippen MR) is 107 cm³/mol. The number of carbonyl (C=O) groups is 2. The highest BCUT2D eigenvalue weighted by molar-refractivity contribution is 6.04. The van der Waals surface area contributed by atoms with Gasteiger partial charge in [-0.2, -0.15) is 0 Å². The van der Waals surface area contributed by atoms with Crippen LogP contribution in [0.15, 0.2) is 42.5 Å². The minimum Gasteiger partial charge on any atom is -0.497 e. The lowest BCUT2D eigenvalue weighted by molar-refractivity contribution is -0.122. The van der Waals surface area contributed by atoms with Crippen molar-refractivity contribution in [3.63, 3.8) is 0 Å². The van der Waals surface area contributed by atoms with E-state index in [2.05, 4.69) is 25.2 Å². The van der Waals surface area contributed by atoms with Gasteiger partial charge in [0, 0.05) is 30.4 Å². The Hall–Kier alpha value is -2.82. The molecule has 0 aromatic heterocycles. The normalized spacial score (nSPS) is 16.7. The molecule has 27 heavy (non-hydrogen) atoms. The zero-order chi connectivity index (χ0) is 19.6. The summed E-state index contributed by atoms with van der Waals surface area (Å²) in [5.41, 5.74) is 3.82. The van der Waals surface area contributed by atoms with Gasteiger partial charge in [0.15, 0.2) is 0 Å². The summed E-state index contributed by atoms with van der Waals surface area (Å²) in [4.78, 5) is 27.2. The van der Waals surface area contributed by atoms with Crippen molar-refractivity contribution in [3.05, 3.63) is 53.6 Å². The number of methoxy groups -OCH3 is 1. The standard InChI is InChI=1S/C22H26N2O3/c1-14(2)19-10-5-7-15(3)21(19)24-13-16(11-20(24)25)22(26)23-17-8-6-9-18(12-17)27-4/h5-10,12,14,16H,11,13H2,1-4H3,(H,23,26). The van der Waals surface area contributed by atoms with Crippen molar-refractivity contribution in [1.29, 1.82) is 0 Å². The molecule has 2 aromatic rings. The molecule has 2 amide bonds. The highest BCUT2D eigenvalue weighted by Gasteiger charge is 2.36. The first-order valence-electron chi connectivity index (χ1n) is 9.25. The predicted octanol–water partition coefficient (Wildman–Crippen LogP) is 4.12. The number of carbonyl (C=O) groups excluding carboxylic acids is 2. The molecule has 0 bridgehead atoms. The van der Waals surface area contributed by atoms with Crippen LogP contribution in [0.25, 0.3) is 0 Å². The summed E-state index contributed by atoms with van der Waals surface area (Å²) in [5.74, 6) is 0.467. The van der Waals surface area contributed by atoms with Crippen LogP contribution < -0.4 is 15.0 Å². The molecule has 0 aliphatic carbocycles. The second-order valence-corrected chi connectivity index (χ2v) is 7.29. The zero-order valence-corrected chi connectivity index (χ0v) is 16.3. The summed E-state index contributed by atoms with van der Waals surface area (Å²) in [6.45, 7) is 6.65. The van der Waals surface area contributed by atoms with Gasteiger partial charge < -0.3 is 15.0 Å². The Bertz CT molecular complexity index is 860. The molecule has 2 aromatic carbocycles. The van der Waals surface area contributed by atoms with Crippen LogP contribution in [-0.4, -0.2) is 25.5 Å². The van der Waals surface area contributed by atoms with Crippen molar-refractivity contribution < 1.29 is 14.3 Å². The van der Waals surface area contributed by atoms with Crippen molar-refractivity contribution in [2.75, 3.05) is 23.9 Å². The van der Waals surface area contributed by atoms with E-state index in [-0.39, 0.29) is 24.2 Å². The fraction of sp³-hybridized carbons (Fsp3) is 0.364. The summed E-state index contributed by atoms with van der Waals surface area (Å²) in [5, 5.41) is 2.91. The maximum Gasteiger partial charge on any atom is 0.229 e. The molecule has 0 saturated carbocycles. The molecule has 1 aliphatic heterocycles. The van der Waals surface area contributed by atoms with E-state index in [1.165, 1.54) is 0 Å². The molecule has 3 rings (SSSR count). The van der Waals surface area contributed by atoms with E-state index in [1.54, 1.807) is 18.1 Å². The summed E-state index contributed by atoms with van der Waals surface area (Å²) in [6.07, 6.45) is 0.224. The molecule has 5 nitrogen and oxygen atoms in total. The van der Waals surface area contributed by atoms with E-state index in [4.69, 9.17) is 4.74 Å². The third-order valence-electron chi connectivity index (χ3n) is 4.99. The average molecular weight is 366 g/mol. The van der Waals surface area contributed by atoms with Gasteiger partial charge >= 0.3 is 0 Å². The summed E-state index contributed by atoms with van der Waals surface area (Å²) in [6, 6.07) is 13.3. The molecule has 1 heterocycles. The van der Waals surface area contributed by atoms with Crippen LogP contribution in [0.3, 0.4) is 0 Å². The van der Waals surface area contributed by atoms with E-state index in [0.717, 1.165) is 16.8 Å². The molecule has 0 spiro atoms. The number of hydrogen-bond donors (Lipinski definition) is 1. The first-order valence-corrected chi connectivity index (χ1v) is 9.25. The largest absolute Gasteiger partial charge is 0.497 e. The van der Waals surface area contributed by atoms with E-state index >= 15 is 0 Å². The maximum atomic E-state index is 12.7. The minimum absolute atomic E-state index is 0.00278. The molecular formula is C22H26N2O3. The molecule has 1 N–H and O–H groups in total. The molecule has 142 valence electrons. The van der Waals surface area contributed by atoms with Gasteiger partial charge in [-0.3, -0.25) is 9.59 Å². The Morgan fingerprint density at radius 3 is 2.67 bits per heavy atom. The van der Waals surface area contributed by atoms with E-state index in [0.29, 0.717) is 23.9 Å². The second-order valence-electron chi connectivity index (χ2n) is 7.29. The molecule has 0 radical (unpaired) electrons. The topological polar surface area (TPSA) is 58.6 Å². The number of para-hydroxylation sites is 1. The third-order valence-corrected chi connectivity index (χ3v) is 4.99. The van der Waals surface area contributed by atoms with Gasteiger partial charge in [0.25, 0.3) is 0 Å². The average Bonchev–Trinajstić information content (AvgIpc) is 3.03. The fourth-order valence-electron chi connectivity index (χ4n) is 3.56. The zero-order valence-electron chi connectivity index (χ0n) is 16.3. The monoisotopic (exact) mass is 366 g/mol. The molecule has 1 unspecified atom stereocenters. The van der Waals surface area contributed by atoms with Crippen LogP contribution in [0.1, 0.15) is 37.3 Å². The first kappa shape index (κ1) is 19.0. The molecule has 1 aliphatic rings. The van der Waals surface area contributed by atoms with Gasteiger partial charge in [-0.25, -0.2) is 0 Å². The smallest absolute Gasteiger partial charge is 0.229 e. The molecular weight excluding hydrogens is 340 g/mol. The van der Waals surface area contributed by atoms with Crippen LogP contribution >= 0.6 is 0 Å². The Morgan fingerprint density at radius 1 is 1.22 bits per heavy atom. The highest BCUT2D eigenvalue weighted by atomic mass is 16.5. The Kier molecular flexibility index (Phi) is 5.49. The lowest BCUT2D eigenvalue weighted by Crippen LogP contribution is -2.29. The Balaban J connectivity index is 1.79. The highest BCUT2D eigenvalue weighted by Crippen LogP contribution is 2.35. The van der Waals surface area contributed by atoms with E-state index in [1.807, 2.05) is 37.3 Å². The SMILES string of the molecule is COc1cccc(NC(=O)C2CC(=O)N(c3c(C)cccc3C(C)C)C2)c1.